The van der Waals surface area contributed by atoms with Crippen LogP contribution in [-0.2, 0) is 15.1 Å². The van der Waals surface area contributed by atoms with Crippen LogP contribution < -0.4 is 10.1 Å². The molecule has 1 aliphatic carbocycles. The van der Waals surface area contributed by atoms with Crippen LogP contribution in [0.5, 0.6) is 5.75 Å². The van der Waals surface area contributed by atoms with Crippen LogP contribution in [0.4, 0.5) is 4.39 Å². The van der Waals surface area contributed by atoms with Crippen molar-refractivity contribution >= 4 is 21.8 Å². The van der Waals surface area contributed by atoms with E-state index in [0.717, 1.165) is 22.9 Å². The van der Waals surface area contributed by atoms with Gasteiger partial charge in [0.05, 0.1) is 6.10 Å². The standard InChI is InChI=1S/C17H17BrFNO3/c1-22-11-4-6-16(7-5-11)17(9-13(19)15(21)20-17)12-8-10(18)2-3-14(12)23-16/h2-3,8-9,11H,4-7H2,1H3,(H,20,21). The van der Waals surface area contributed by atoms with Crippen molar-refractivity contribution in [3.63, 3.8) is 0 Å². The first-order valence-corrected chi connectivity index (χ1v) is 8.52. The molecule has 23 heavy (non-hydrogen) atoms. The predicted octanol–water partition coefficient (Wildman–Crippen LogP) is 3.35. The van der Waals surface area contributed by atoms with Gasteiger partial charge in [0, 0.05) is 17.1 Å². The zero-order valence-corrected chi connectivity index (χ0v) is 14.3. The molecule has 3 aliphatic rings. The maximum atomic E-state index is 14.0. The van der Waals surface area contributed by atoms with Crippen LogP contribution in [0.3, 0.4) is 0 Å². The topological polar surface area (TPSA) is 47.6 Å². The van der Waals surface area contributed by atoms with Crippen LogP contribution in [0, 0.1) is 0 Å². The summed E-state index contributed by atoms with van der Waals surface area (Å²) >= 11 is 3.46. The molecule has 1 fully saturated rings. The van der Waals surface area contributed by atoms with Gasteiger partial charge < -0.3 is 14.8 Å². The minimum absolute atomic E-state index is 0.183. The quantitative estimate of drug-likeness (QED) is 0.811. The number of amides is 1. The van der Waals surface area contributed by atoms with E-state index < -0.39 is 22.9 Å². The lowest BCUT2D eigenvalue weighted by Crippen LogP contribution is -2.59. The van der Waals surface area contributed by atoms with E-state index in [4.69, 9.17) is 9.47 Å². The van der Waals surface area contributed by atoms with Crippen LogP contribution in [-0.4, -0.2) is 24.7 Å². The third kappa shape index (κ3) is 2.01. The summed E-state index contributed by atoms with van der Waals surface area (Å²) in [6.07, 6.45) is 4.62. The Morgan fingerprint density at radius 3 is 2.74 bits per heavy atom. The van der Waals surface area contributed by atoms with Gasteiger partial charge in [-0.15, -0.1) is 0 Å². The summed E-state index contributed by atoms with van der Waals surface area (Å²) in [5.41, 5.74) is -0.788. The average molecular weight is 382 g/mol. The molecule has 1 aromatic rings. The number of benzene rings is 1. The minimum Gasteiger partial charge on any atom is -0.484 e. The van der Waals surface area contributed by atoms with E-state index in [1.54, 1.807) is 7.11 Å². The number of nitrogens with one attached hydrogen (secondary N) is 1. The molecule has 2 heterocycles. The summed E-state index contributed by atoms with van der Waals surface area (Å²) < 4.78 is 26.7. The molecule has 1 aromatic carbocycles. The summed E-state index contributed by atoms with van der Waals surface area (Å²) in [6, 6.07) is 5.67. The monoisotopic (exact) mass is 381 g/mol. The lowest BCUT2D eigenvalue weighted by molar-refractivity contribution is -0.122. The number of hydrogen-bond acceptors (Lipinski definition) is 3. The van der Waals surface area contributed by atoms with Crippen LogP contribution in [0.15, 0.2) is 34.6 Å². The smallest absolute Gasteiger partial charge is 0.280 e. The number of carbonyl (C=O) groups is 1. The van der Waals surface area contributed by atoms with Gasteiger partial charge >= 0.3 is 0 Å². The fourth-order valence-corrected chi connectivity index (χ4v) is 4.51. The molecular formula is C17H17BrFNO3. The van der Waals surface area contributed by atoms with Crippen molar-refractivity contribution in [3.05, 3.63) is 40.1 Å². The largest absolute Gasteiger partial charge is 0.484 e. The molecular weight excluding hydrogens is 365 g/mol. The molecule has 6 heteroatoms. The van der Waals surface area contributed by atoms with Crippen LogP contribution >= 0.6 is 15.9 Å². The fourth-order valence-electron chi connectivity index (χ4n) is 4.15. The molecule has 0 saturated heterocycles. The molecule has 0 bridgehead atoms. The molecule has 2 spiro atoms. The number of carbonyl (C=O) groups excluding carboxylic acids is 1. The van der Waals surface area contributed by atoms with Crippen LogP contribution in [0.25, 0.3) is 0 Å². The minimum atomic E-state index is -0.939. The van der Waals surface area contributed by atoms with Crippen molar-refractivity contribution in [2.45, 2.75) is 42.9 Å². The molecule has 0 radical (unpaired) electrons. The molecule has 0 aromatic heterocycles. The van der Waals surface area contributed by atoms with Crippen LogP contribution in [0.1, 0.15) is 31.2 Å². The average Bonchev–Trinajstić information content (AvgIpc) is 2.97. The molecule has 4 rings (SSSR count). The molecule has 1 amide bonds. The third-order valence-corrected chi connectivity index (χ3v) is 5.83. The Labute approximate surface area is 142 Å². The molecule has 4 nitrogen and oxygen atoms in total. The lowest BCUT2D eigenvalue weighted by atomic mass is 9.68. The highest BCUT2D eigenvalue weighted by molar-refractivity contribution is 9.10. The highest BCUT2D eigenvalue weighted by atomic mass is 79.9. The van der Waals surface area contributed by atoms with Crippen molar-refractivity contribution < 1.29 is 18.7 Å². The molecule has 1 saturated carbocycles. The van der Waals surface area contributed by atoms with E-state index in [1.807, 2.05) is 18.2 Å². The van der Waals surface area contributed by atoms with E-state index in [-0.39, 0.29) is 6.10 Å². The zero-order valence-electron chi connectivity index (χ0n) is 12.7. The zero-order chi connectivity index (χ0) is 16.2. The Kier molecular flexibility index (Phi) is 3.32. The van der Waals surface area contributed by atoms with E-state index in [0.29, 0.717) is 18.6 Å². The normalized spacial score (nSPS) is 35.2. The Hall–Kier alpha value is -1.40. The Morgan fingerprint density at radius 1 is 1.39 bits per heavy atom. The van der Waals surface area contributed by atoms with Gasteiger partial charge in [0.25, 0.3) is 5.91 Å². The van der Waals surface area contributed by atoms with E-state index in [2.05, 4.69) is 21.2 Å². The highest BCUT2D eigenvalue weighted by Crippen LogP contribution is 2.57. The number of methoxy groups -OCH3 is 1. The van der Waals surface area contributed by atoms with E-state index >= 15 is 0 Å². The van der Waals surface area contributed by atoms with Gasteiger partial charge in [-0.3, -0.25) is 4.79 Å². The van der Waals surface area contributed by atoms with Crippen molar-refractivity contribution in [2.75, 3.05) is 7.11 Å². The lowest BCUT2D eigenvalue weighted by Gasteiger charge is -2.45. The molecule has 1 unspecified atom stereocenters. The molecule has 1 atom stereocenters. The number of ether oxygens (including phenoxy) is 2. The van der Waals surface area contributed by atoms with Gasteiger partial charge in [0.1, 0.15) is 16.9 Å². The molecule has 2 aliphatic heterocycles. The first-order chi connectivity index (χ1) is 11.0. The van der Waals surface area contributed by atoms with Crippen LogP contribution in [0.2, 0.25) is 0 Å². The number of hydrogen-bond donors (Lipinski definition) is 1. The van der Waals surface area contributed by atoms with Gasteiger partial charge in [0.15, 0.2) is 5.83 Å². The number of fused-ring (bicyclic) bond motifs is 3. The summed E-state index contributed by atoms with van der Waals surface area (Å²) in [5.74, 6) is -0.709. The maximum absolute atomic E-state index is 14.0. The second kappa shape index (κ2) is 5.05. The van der Waals surface area contributed by atoms with Crippen molar-refractivity contribution in [2.24, 2.45) is 0 Å². The van der Waals surface area contributed by atoms with Crippen molar-refractivity contribution in [1.82, 2.24) is 5.32 Å². The SMILES string of the molecule is COC1CCC2(CC1)Oc1ccc(Br)cc1C21C=C(F)C(=O)N1. The maximum Gasteiger partial charge on any atom is 0.280 e. The summed E-state index contributed by atoms with van der Waals surface area (Å²) in [7, 11) is 1.71. The van der Waals surface area contributed by atoms with E-state index in [1.165, 1.54) is 6.08 Å². The Bertz CT molecular complexity index is 712. The number of halogens is 2. The van der Waals surface area contributed by atoms with Gasteiger partial charge in [-0.2, -0.15) is 0 Å². The molecule has 122 valence electrons. The van der Waals surface area contributed by atoms with Gasteiger partial charge in [-0.25, -0.2) is 4.39 Å². The Morgan fingerprint density at radius 2 is 2.13 bits per heavy atom. The summed E-state index contributed by atoms with van der Waals surface area (Å²) in [4.78, 5) is 11.9. The van der Waals surface area contributed by atoms with E-state index in [9.17, 15) is 9.18 Å². The molecule has 1 N–H and O–H groups in total. The third-order valence-electron chi connectivity index (χ3n) is 5.33. The second-order valence-electron chi connectivity index (χ2n) is 6.43. The summed E-state index contributed by atoms with van der Waals surface area (Å²) in [5, 5.41) is 2.86. The van der Waals surface area contributed by atoms with Crippen molar-refractivity contribution in [1.29, 1.82) is 0 Å². The number of rotatable bonds is 1. The van der Waals surface area contributed by atoms with Crippen molar-refractivity contribution in [3.8, 4) is 5.75 Å². The highest BCUT2D eigenvalue weighted by Gasteiger charge is 2.63. The summed E-state index contributed by atoms with van der Waals surface area (Å²) in [6.45, 7) is 0. The van der Waals surface area contributed by atoms with Gasteiger partial charge in [-0.1, -0.05) is 15.9 Å². The second-order valence-corrected chi connectivity index (χ2v) is 7.34. The first-order valence-electron chi connectivity index (χ1n) is 7.72. The first kappa shape index (κ1) is 15.1. The Balaban J connectivity index is 1.84. The predicted molar refractivity (Wildman–Crippen MR) is 85.8 cm³/mol. The fraction of sp³-hybridized carbons (Fsp3) is 0.471. The van der Waals surface area contributed by atoms with Gasteiger partial charge in [0.2, 0.25) is 0 Å². The van der Waals surface area contributed by atoms with Gasteiger partial charge in [-0.05, 0) is 50.0 Å².